The summed E-state index contributed by atoms with van der Waals surface area (Å²) in [6, 6.07) is 5.01. The van der Waals surface area contributed by atoms with Gasteiger partial charge in [0.2, 0.25) is 5.91 Å². The van der Waals surface area contributed by atoms with Crippen LogP contribution in [0.25, 0.3) is 0 Å². The molecule has 0 atom stereocenters. The smallest absolute Gasteiger partial charge is 0.315 e. The van der Waals surface area contributed by atoms with Crippen LogP contribution in [0.5, 0.6) is 11.5 Å². The van der Waals surface area contributed by atoms with Gasteiger partial charge >= 0.3 is 6.03 Å². The standard InChI is InChI=1S/C14H19N3O4/c1-20-10-5-6-12(21-2)11(7-10)17-13(18)8-15-14(19)16-9-3-4-9/h5-7,9H,3-4,8H2,1-2H3,(H,17,18)(H2,15,16,19). The fourth-order valence-corrected chi connectivity index (χ4v) is 1.73. The molecule has 114 valence electrons. The van der Waals surface area contributed by atoms with Gasteiger partial charge in [0.1, 0.15) is 11.5 Å². The van der Waals surface area contributed by atoms with E-state index in [-0.39, 0.29) is 24.5 Å². The van der Waals surface area contributed by atoms with Crippen molar-refractivity contribution in [3.05, 3.63) is 18.2 Å². The molecule has 0 aromatic heterocycles. The molecular formula is C14H19N3O4. The molecule has 0 spiro atoms. The third-order valence-corrected chi connectivity index (χ3v) is 3.00. The summed E-state index contributed by atoms with van der Waals surface area (Å²) in [5, 5.41) is 7.92. The van der Waals surface area contributed by atoms with Crippen LogP contribution in [0.2, 0.25) is 0 Å². The summed E-state index contributed by atoms with van der Waals surface area (Å²) in [6.07, 6.45) is 2.00. The summed E-state index contributed by atoms with van der Waals surface area (Å²) in [5.41, 5.74) is 0.492. The van der Waals surface area contributed by atoms with Gasteiger partial charge in [0.05, 0.1) is 26.5 Å². The number of carbonyl (C=O) groups excluding carboxylic acids is 2. The first kappa shape index (κ1) is 15.0. The van der Waals surface area contributed by atoms with E-state index in [9.17, 15) is 9.59 Å². The SMILES string of the molecule is COc1ccc(OC)c(NC(=O)CNC(=O)NC2CC2)c1. The van der Waals surface area contributed by atoms with E-state index in [4.69, 9.17) is 9.47 Å². The molecule has 0 saturated heterocycles. The molecule has 1 aromatic carbocycles. The topological polar surface area (TPSA) is 88.7 Å². The van der Waals surface area contributed by atoms with Crippen molar-refractivity contribution in [2.24, 2.45) is 0 Å². The number of rotatable bonds is 6. The predicted octanol–water partition coefficient (Wildman–Crippen LogP) is 1.10. The maximum atomic E-state index is 11.8. The molecule has 0 unspecified atom stereocenters. The second-order valence-electron chi connectivity index (χ2n) is 4.72. The average molecular weight is 293 g/mol. The number of urea groups is 1. The molecule has 0 bridgehead atoms. The van der Waals surface area contributed by atoms with Crippen LogP contribution < -0.4 is 25.4 Å². The van der Waals surface area contributed by atoms with E-state index in [2.05, 4.69) is 16.0 Å². The monoisotopic (exact) mass is 293 g/mol. The zero-order valence-electron chi connectivity index (χ0n) is 12.1. The fourth-order valence-electron chi connectivity index (χ4n) is 1.73. The summed E-state index contributed by atoms with van der Waals surface area (Å²) in [7, 11) is 3.05. The van der Waals surface area contributed by atoms with E-state index in [0.717, 1.165) is 12.8 Å². The van der Waals surface area contributed by atoms with Gasteiger partial charge in [-0.1, -0.05) is 0 Å². The summed E-state index contributed by atoms with van der Waals surface area (Å²) in [4.78, 5) is 23.3. The van der Waals surface area contributed by atoms with Crippen molar-refractivity contribution >= 4 is 17.6 Å². The zero-order valence-corrected chi connectivity index (χ0v) is 12.1. The number of anilines is 1. The van der Waals surface area contributed by atoms with Crippen molar-refractivity contribution in [1.82, 2.24) is 10.6 Å². The number of amides is 3. The van der Waals surface area contributed by atoms with Crippen LogP contribution in [-0.4, -0.2) is 38.7 Å². The highest BCUT2D eigenvalue weighted by molar-refractivity contribution is 5.95. The molecule has 21 heavy (non-hydrogen) atoms. The van der Waals surface area contributed by atoms with E-state index < -0.39 is 0 Å². The first-order valence-electron chi connectivity index (χ1n) is 6.68. The zero-order chi connectivity index (χ0) is 15.2. The summed E-state index contributed by atoms with van der Waals surface area (Å²) < 4.78 is 10.3. The van der Waals surface area contributed by atoms with Crippen LogP contribution >= 0.6 is 0 Å². The van der Waals surface area contributed by atoms with Crippen LogP contribution in [0.1, 0.15) is 12.8 Å². The van der Waals surface area contributed by atoms with Gasteiger partial charge in [-0.25, -0.2) is 4.79 Å². The number of ether oxygens (including phenoxy) is 2. The van der Waals surface area contributed by atoms with Crippen LogP contribution in [0.3, 0.4) is 0 Å². The van der Waals surface area contributed by atoms with E-state index in [1.54, 1.807) is 18.2 Å². The second kappa shape index (κ2) is 6.83. The predicted molar refractivity (Wildman–Crippen MR) is 77.7 cm³/mol. The van der Waals surface area contributed by atoms with Gasteiger partial charge < -0.3 is 25.4 Å². The minimum Gasteiger partial charge on any atom is -0.497 e. The Labute approximate surface area is 123 Å². The highest BCUT2D eigenvalue weighted by Crippen LogP contribution is 2.28. The Morgan fingerprint density at radius 1 is 1.24 bits per heavy atom. The molecule has 0 radical (unpaired) electrons. The molecule has 3 N–H and O–H groups in total. The normalized spacial score (nSPS) is 13.2. The van der Waals surface area contributed by atoms with Gasteiger partial charge in [-0.05, 0) is 25.0 Å². The number of methoxy groups -OCH3 is 2. The van der Waals surface area contributed by atoms with Crippen LogP contribution in [0.15, 0.2) is 18.2 Å². The quantitative estimate of drug-likeness (QED) is 0.733. The minimum atomic E-state index is -0.340. The molecule has 3 amide bonds. The van der Waals surface area contributed by atoms with Crippen molar-refractivity contribution in [2.45, 2.75) is 18.9 Å². The van der Waals surface area contributed by atoms with Gasteiger partial charge in [-0.15, -0.1) is 0 Å². The molecule has 1 aromatic rings. The van der Waals surface area contributed by atoms with E-state index >= 15 is 0 Å². The molecule has 0 aliphatic heterocycles. The Morgan fingerprint density at radius 2 is 2.00 bits per heavy atom. The molecular weight excluding hydrogens is 274 g/mol. The molecule has 1 aliphatic rings. The van der Waals surface area contributed by atoms with E-state index in [0.29, 0.717) is 17.2 Å². The number of nitrogens with one attached hydrogen (secondary N) is 3. The van der Waals surface area contributed by atoms with Gasteiger partial charge in [0.25, 0.3) is 0 Å². The van der Waals surface area contributed by atoms with Crippen molar-refractivity contribution in [3.63, 3.8) is 0 Å². The van der Waals surface area contributed by atoms with Crippen molar-refractivity contribution in [2.75, 3.05) is 26.1 Å². The molecule has 1 aliphatic carbocycles. The number of carbonyl (C=O) groups is 2. The lowest BCUT2D eigenvalue weighted by Crippen LogP contribution is -2.40. The molecule has 0 heterocycles. The van der Waals surface area contributed by atoms with Crippen molar-refractivity contribution in [1.29, 1.82) is 0 Å². The summed E-state index contributed by atoms with van der Waals surface area (Å²) >= 11 is 0. The molecule has 7 heteroatoms. The highest BCUT2D eigenvalue weighted by Gasteiger charge is 2.23. The molecule has 1 saturated carbocycles. The van der Waals surface area contributed by atoms with Crippen molar-refractivity contribution in [3.8, 4) is 11.5 Å². The molecule has 2 rings (SSSR count). The first-order valence-corrected chi connectivity index (χ1v) is 6.68. The highest BCUT2D eigenvalue weighted by atomic mass is 16.5. The van der Waals surface area contributed by atoms with Gasteiger partial charge in [0.15, 0.2) is 0 Å². The Kier molecular flexibility index (Phi) is 4.86. The summed E-state index contributed by atoms with van der Waals surface area (Å²) in [5.74, 6) is 0.782. The fraction of sp³-hybridized carbons (Fsp3) is 0.429. The van der Waals surface area contributed by atoms with Gasteiger partial charge in [0, 0.05) is 12.1 Å². The molecule has 1 fully saturated rings. The lowest BCUT2D eigenvalue weighted by Gasteiger charge is -2.12. The lowest BCUT2D eigenvalue weighted by molar-refractivity contribution is -0.115. The van der Waals surface area contributed by atoms with E-state index in [1.807, 2.05) is 0 Å². The Morgan fingerprint density at radius 3 is 2.62 bits per heavy atom. The molecule has 7 nitrogen and oxygen atoms in total. The Balaban J connectivity index is 1.87. The number of benzene rings is 1. The third-order valence-electron chi connectivity index (χ3n) is 3.00. The maximum absolute atomic E-state index is 11.8. The lowest BCUT2D eigenvalue weighted by atomic mass is 10.2. The minimum absolute atomic E-state index is 0.112. The van der Waals surface area contributed by atoms with Crippen molar-refractivity contribution < 1.29 is 19.1 Å². The Bertz CT molecular complexity index is 529. The van der Waals surface area contributed by atoms with E-state index in [1.165, 1.54) is 14.2 Å². The number of hydrogen-bond acceptors (Lipinski definition) is 4. The number of hydrogen-bond donors (Lipinski definition) is 3. The average Bonchev–Trinajstić information content (AvgIpc) is 3.29. The van der Waals surface area contributed by atoms with Crippen LogP contribution in [0.4, 0.5) is 10.5 Å². The summed E-state index contributed by atoms with van der Waals surface area (Å²) in [6.45, 7) is -0.112. The largest absolute Gasteiger partial charge is 0.497 e. The van der Waals surface area contributed by atoms with Gasteiger partial charge in [-0.2, -0.15) is 0 Å². The third kappa shape index (κ3) is 4.55. The van der Waals surface area contributed by atoms with Crippen LogP contribution in [-0.2, 0) is 4.79 Å². The first-order chi connectivity index (χ1) is 10.1. The Hall–Kier alpha value is -2.44. The van der Waals surface area contributed by atoms with Crippen LogP contribution in [0, 0.1) is 0 Å². The maximum Gasteiger partial charge on any atom is 0.315 e. The second-order valence-corrected chi connectivity index (χ2v) is 4.72. The van der Waals surface area contributed by atoms with Gasteiger partial charge in [-0.3, -0.25) is 4.79 Å².